The number of methoxy groups -OCH3 is 1. The average Bonchev–Trinajstić information content (AvgIpc) is 3.25. The summed E-state index contributed by atoms with van der Waals surface area (Å²) in [7, 11) is 1.59. The van der Waals surface area contributed by atoms with Crippen molar-refractivity contribution in [3.63, 3.8) is 0 Å². The normalized spacial score (nSPS) is 11.0. The number of ether oxygens (including phenoxy) is 3. The fraction of sp³-hybridized carbons (Fsp3) is 0.154. The summed E-state index contributed by atoms with van der Waals surface area (Å²) in [6.07, 6.45) is 7.07. The molecule has 0 unspecified atom stereocenters. The summed E-state index contributed by atoms with van der Waals surface area (Å²) in [5.74, 6) is 1.68. The number of hydrogen-bond acceptors (Lipinski definition) is 5. The van der Waals surface area contributed by atoms with Gasteiger partial charge in [0.15, 0.2) is 11.5 Å². The van der Waals surface area contributed by atoms with Crippen molar-refractivity contribution >= 4 is 23.3 Å². The molecule has 33 heavy (non-hydrogen) atoms. The van der Waals surface area contributed by atoms with Crippen molar-refractivity contribution in [2.75, 3.05) is 19.0 Å². The van der Waals surface area contributed by atoms with Crippen LogP contribution in [0.5, 0.6) is 17.2 Å². The number of benzene rings is 2. The maximum Gasteiger partial charge on any atom is 0.248 e. The molecule has 2 aromatic heterocycles. The lowest BCUT2D eigenvalue weighted by atomic mass is 10.2. The summed E-state index contributed by atoms with van der Waals surface area (Å²) in [5, 5.41) is 2.85. The summed E-state index contributed by atoms with van der Waals surface area (Å²) in [4.78, 5) is 16.9. The molecule has 2 heterocycles. The van der Waals surface area contributed by atoms with Crippen molar-refractivity contribution in [1.82, 2.24) is 9.38 Å². The highest BCUT2D eigenvalue weighted by Gasteiger charge is 2.06. The monoisotopic (exact) mass is 443 g/mol. The maximum atomic E-state index is 12.4. The zero-order chi connectivity index (χ0) is 23.0. The predicted octanol–water partition coefficient (Wildman–Crippen LogP) is 4.97. The van der Waals surface area contributed by atoms with Gasteiger partial charge in [0.25, 0.3) is 0 Å². The summed E-state index contributed by atoms with van der Waals surface area (Å²) >= 11 is 0. The number of fused-ring (bicyclic) bond motifs is 1. The Morgan fingerprint density at radius 3 is 2.79 bits per heavy atom. The molecule has 2 aromatic carbocycles. The summed E-state index contributed by atoms with van der Waals surface area (Å²) in [6.45, 7) is 2.77. The Bertz CT molecular complexity index is 1250. The van der Waals surface area contributed by atoms with Crippen molar-refractivity contribution < 1.29 is 19.0 Å². The number of carbonyl (C=O) groups excluding carboxylic acids is 1. The van der Waals surface area contributed by atoms with Crippen LogP contribution in [0, 0.1) is 0 Å². The SMILES string of the molecule is CCOc1cc(/C=C/C(=O)Nc2cccc(OCc3cn4ccccc4n3)c2)ccc1OC. The molecular weight excluding hydrogens is 418 g/mol. The van der Waals surface area contributed by atoms with E-state index in [1.54, 1.807) is 19.3 Å². The van der Waals surface area contributed by atoms with Crippen LogP contribution >= 0.6 is 0 Å². The second kappa shape index (κ2) is 10.4. The van der Waals surface area contributed by atoms with Crippen LogP contribution in [0.1, 0.15) is 18.2 Å². The van der Waals surface area contributed by atoms with E-state index in [1.807, 2.05) is 78.3 Å². The van der Waals surface area contributed by atoms with E-state index >= 15 is 0 Å². The molecule has 0 bridgehead atoms. The molecule has 0 aliphatic heterocycles. The second-order valence-electron chi connectivity index (χ2n) is 7.18. The first-order chi connectivity index (χ1) is 16.1. The van der Waals surface area contributed by atoms with E-state index in [-0.39, 0.29) is 5.91 Å². The lowest BCUT2D eigenvalue weighted by Crippen LogP contribution is -2.07. The van der Waals surface area contributed by atoms with Crippen LogP contribution in [0.2, 0.25) is 0 Å². The number of carbonyl (C=O) groups is 1. The molecule has 0 fully saturated rings. The van der Waals surface area contributed by atoms with Crippen LogP contribution in [0.25, 0.3) is 11.7 Å². The van der Waals surface area contributed by atoms with Crippen LogP contribution in [-0.4, -0.2) is 29.0 Å². The Balaban J connectivity index is 1.36. The zero-order valence-corrected chi connectivity index (χ0v) is 18.5. The van der Waals surface area contributed by atoms with Crippen molar-refractivity contribution in [1.29, 1.82) is 0 Å². The van der Waals surface area contributed by atoms with Gasteiger partial charge in [-0.3, -0.25) is 4.79 Å². The standard InChI is InChI=1S/C26H25N3O4/c1-3-32-24-15-19(10-12-23(24)31-2)11-13-26(30)28-20-7-6-8-22(16-20)33-18-21-17-29-14-5-4-9-25(29)27-21/h4-17H,3,18H2,1-2H3,(H,28,30)/b13-11+. The van der Waals surface area contributed by atoms with Gasteiger partial charge in [-0.1, -0.05) is 18.2 Å². The van der Waals surface area contributed by atoms with Crippen molar-refractivity contribution in [2.24, 2.45) is 0 Å². The Hall–Kier alpha value is -4.26. The lowest BCUT2D eigenvalue weighted by Gasteiger charge is -2.09. The van der Waals surface area contributed by atoms with Gasteiger partial charge < -0.3 is 23.9 Å². The van der Waals surface area contributed by atoms with Crippen LogP contribution in [0.3, 0.4) is 0 Å². The molecule has 7 heteroatoms. The van der Waals surface area contributed by atoms with Gasteiger partial charge in [0, 0.05) is 30.2 Å². The number of aromatic nitrogens is 2. The van der Waals surface area contributed by atoms with Crippen LogP contribution in [0.15, 0.2) is 79.1 Å². The van der Waals surface area contributed by atoms with Gasteiger partial charge >= 0.3 is 0 Å². The summed E-state index contributed by atoms with van der Waals surface area (Å²) in [5.41, 5.74) is 3.17. The molecule has 4 rings (SSSR count). The molecular formula is C26H25N3O4. The summed E-state index contributed by atoms with van der Waals surface area (Å²) in [6, 6.07) is 18.6. The van der Waals surface area contributed by atoms with E-state index in [1.165, 1.54) is 6.08 Å². The van der Waals surface area contributed by atoms with E-state index in [0.717, 1.165) is 16.9 Å². The quantitative estimate of drug-likeness (QED) is 0.370. The first-order valence-electron chi connectivity index (χ1n) is 10.6. The third-order valence-electron chi connectivity index (χ3n) is 4.82. The molecule has 0 saturated carbocycles. The molecule has 0 radical (unpaired) electrons. The van der Waals surface area contributed by atoms with Crippen LogP contribution < -0.4 is 19.5 Å². The fourth-order valence-electron chi connectivity index (χ4n) is 3.30. The summed E-state index contributed by atoms with van der Waals surface area (Å²) < 4.78 is 18.7. The average molecular weight is 444 g/mol. The van der Waals surface area contributed by atoms with Crippen molar-refractivity contribution in [3.8, 4) is 17.2 Å². The number of anilines is 1. The molecule has 0 aliphatic carbocycles. The van der Waals surface area contributed by atoms with E-state index in [2.05, 4.69) is 10.3 Å². The third kappa shape index (κ3) is 5.71. The topological polar surface area (TPSA) is 74.1 Å². The Kier molecular flexibility index (Phi) is 6.90. The molecule has 0 atom stereocenters. The highest BCUT2D eigenvalue weighted by atomic mass is 16.5. The number of hydrogen-bond donors (Lipinski definition) is 1. The third-order valence-corrected chi connectivity index (χ3v) is 4.82. The maximum absolute atomic E-state index is 12.4. The minimum absolute atomic E-state index is 0.249. The molecule has 1 N–H and O–H groups in total. The molecule has 4 aromatic rings. The van der Waals surface area contributed by atoms with Crippen molar-refractivity contribution in [2.45, 2.75) is 13.5 Å². The molecule has 0 saturated heterocycles. The van der Waals surface area contributed by atoms with Gasteiger partial charge in [-0.2, -0.15) is 0 Å². The van der Waals surface area contributed by atoms with Crippen LogP contribution in [0.4, 0.5) is 5.69 Å². The van der Waals surface area contributed by atoms with Gasteiger partial charge in [-0.05, 0) is 55.0 Å². The van der Waals surface area contributed by atoms with E-state index in [4.69, 9.17) is 14.2 Å². The lowest BCUT2D eigenvalue weighted by molar-refractivity contribution is -0.111. The Labute approximate surface area is 192 Å². The highest BCUT2D eigenvalue weighted by molar-refractivity contribution is 6.02. The number of pyridine rings is 1. The van der Waals surface area contributed by atoms with Gasteiger partial charge in [0.2, 0.25) is 5.91 Å². The smallest absolute Gasteiger partial charge is 0.248 e. The minimum Gasteiger partial charge on any atom is -0.493 e. The zero-order valence-electron chi connectivity index (χ0n) is 18.5. The molecule has 1 amide bonds. The molecule has 7 nitrogen and oxygen atoms in total. The van der Waals surface area contributed by atoms with E-state index < -0.39 is 0 Å². The first-order valence-corrected chi connectivity index (χ1v) is 10.6. The molecule has 0 aliphatic rings. The van der Waals surface area contributed by atoms with Crippen LogP contribution in [-0.2, 0) is 11.4 Å². The number of nitrogens with zero attached hydrogens (tertiary/aromatic N) is 2. The van der Waals surface area contributed by atoms with Gasteiger partial charge in [-0.15, -0.1) is 0 Å². The predicted molar refractivity (Wildman–Crippen MR) is 128 cm³/mol. The number of imidazole rings is 1. The van der Waals surface area contributed by atoms with Gasteiger partial charge in [0.05, 0.1) is 19.4 Å². The number of rotatable bonds is 9. The van der Waals surface area contributed by atoms with Gasteiger partial charge in [-0.25, -0.2) is 4.98 Å². The largest absolute Gasteiger partial charge is 0.493 e. The first kappa shape index (κ1) is 22.0. The van der Waals surface area contributed by atoms with E-state index in [9.17, 15) is 4.79 Å². The number of amides is 1. The number of nitrogens with one attached hydrogen (secondary N) is 1. The fourth-order valence-corrected chi connectivity index (χ4v) is 3.30. The second-order valence-corrected chi connectivity index (χ2v) is 7.18. The minimum atomic E-state index is -0.249. The highest BCUT2D eigenvalue weighted by Crippen LogP contribution is 2.28. The van der Waals surface area contributed by atoms with E-state index in [0.29, 0.717) is 36.1 Å². The Morgan fingerprint density at radius 1 is 1.06 bits per heavy atom. The van der Waals surface area contributed by atoms with Crippen molar-refractivity contribution in [3.05, 3.63) is 90.4 Å². The van der Waals surface area contributed by atoms with Gasteiger partial charge in [0.1, 0.15) is 18.0 Å². The Morgan fingerprint density at radius 2 is 1.97 bits per heavy atom. The molecule has 168 valence electrons. The molecule has 0 spiro atoms.